The lowest BCUT2D eigenvalue weighted by atomic mass is 10.0. The summed E-state index contributed by atoms with van der Waals surface area (Å²) in [5.41, 5.74) is 6.85. The van der Waals surface area contributed by atoms with Crippen LogP contribution in [-0.4, -0.2) is 48.5 Å². The van der Waals surface area contributed by atoms with Gasteiger partial charge in [-0.2, -0.15) is 9.67 Å². The summed E-state index contributed by atoms with van der Waals surface area (Å²) < 4.78 is 15.1. The third-order valence-corrected chi connectivity index (χ3v) is 4.78. The van der Waals surface area contributed by atoms with Gasteiger partial charge in [0.25, 0.3) is 0 Å². The minimum Gasteiger partial charge on any atom is -0.492 e. The molecule has 0 fully saturated rings. The first-order valence-electron chi connectivity index (χ1n) is 10.8. The van der Waals surface area contributed by atoms with Crippen molar-refractivity contribution in [2.24, 2.45) is 0 Å². The van der Waals surface area contributed by atoms with E-state index in [1.807, 2.05) is 61.7 Å². The molecule has 1 aliphatic carbocycles. The van der Waals surface area contributed by atoms with E-state index in [2.05, 4.69) is 20.4 Å². The molecule has 2 aromatic heterocycles. The zero-order valence-electron chi connectivity index (χ0n) is 19.3. The van der Waals surface area contributed by atoms with Crippen LogP contribution in [0.2, 0.25) is 0 Å². The molecular weight excluding hydrogens is 434 g/mol. The minimum absolute atomic E-state index is 0.200. The topological polar surface area (TPSA) is 122 Å². The van der Waals surface area contributed by atoms with Gasteiger partial charge in [-0.15, -0.1) is 5.10 Å². The molecule has 3 aromatic rings. The van der Waals surface area contributed by atoms with Crippen LogP contribution in [0.25, 0.3) is 5.69 Å². The highest BCUT2D eigenvalue weighted by Crippen LogP contribution is 2.24. The van der Waals surface area contributed by atoms with Crippen molar-refractivity contribution in [3.8, 4) is 11.4 Å². The lowest BCUT2D eigenvalue weighted by Gasteiger charge is -2.21. The number of imidazole rings is 1. The van der Waals surface area contributed by atoms with Crippen LogP contribution in [0, 0.1) is 0 Å². The van der Waals surface area contributed by atoms with Gasteiger partial charge in [0.2, 0.25) is 11.9 Å². The van der Waals surface area contributed by atoms with Crippen molar-refractivity contribution in [2.45, 2.75) is 39.0 Å². The van der Waals surface area contributed by atoms with Gasteiger partial charge >= 0.3 is 0 Å². The monoisotopic (exact) mass is 461 g/mol. The Morgan fingerprint density at radius 3 is 2.88 bits per heavy atom. The maximum Gasteiger partial charge on any atom is 0.245 e. The molecule has 0 radical (unpaired) electrons. The Labute approximate surface area is 197 Å². The van der Waals surface area contributed by atoms with Crippen molar-refractivity contribution in [1.29, 1.82) is 0 Å². The van der Waals surface area contributed by atoms with E-state index in [1.165, 1.54) is 4.68 Å². The van der Waals surface area contributed by atoms with Crippen LogP contribution in [0.15, 0.2) is 72.5 Å². The fourth-order valence-corrected chi connectivity index (χ4v) is 3.33. The number of aromatic nitrogens is 5. The van der Waals surface area contributed by atoms with Crippen LogP contribution in [0.4, 0.5) is 11.9 Å². The Balaban J connectivity index is 1.42. The minimum atomic E-state index is -0.468. The highest BCUT2D eigenvalue weighted by atomic mass is 16.5. The van der Waals surface area contributed by atoms with E-state index >= 15 is 0 Å². The Kier molecular flexibility index (Phi) is 6.51. The zero-order chi connectivity index (χ0) is 24.1. The van der Waals surface area contributed by atoms with Gasteiger partial charge in [0, 0.05) is 18.5 Å². The average molecular weight is 462 g/mol. The zero-order valence-corrected chi connectivity index (χ0v) is 19.3. The highest BCUT2D eigenvalue weighted by Gasteiger charge is 2.20. The molecule has 10 nitrogen and oxygen atoms in total. The van der Waals surface area contributed by atoms with E-state index in [-0.39, 0.29) is 17.5 Å². The third-order valence-electron chi connectivity index (χ3n) is 4.78. The molecule has 1 atom stereocenters. The highest BCUT2D eigenvalue weighted by molar-refractivity contribution is 5.65. The quantitative estimate of drug-likeness (QED) is 0.491. The maximum absolute atomic E-state index is 11.6. The summed E-state index contributed by atoms with van der Waals surface area (Å²) in [6.07, 6.45) is 10.5. The number of anilines is 2. The van der Waals surface area contributed by atoms with E-state index in [1.54, 1.807) is 30.8 Å². The number of allylic oxidation sites excluding steroid dienone is 1. The summed E-state index contributed by atoms with van der Waals surface area (Å²) in [6.45, 7) is 7.02. The van der Waals surface area contributed by atoms with E-state index < -0.39 is 6.04 Å². The van der Waals surface area contributed by atoms with Crippen molar-refractivity contribution < 1.29 is 14.3 Å². The normalized spacial score (nSPS) is 15.6. The van der Waals surface area contributed by atoms with Crippen LogP contribution in [0.5, 0.6) is 5.75 Å². The Morgan fingerprint density at radius 1 is 1.29 bits per heavy atom. The predicted molar refractivity (Wildman–Crippen MR) is 128 cm³/mol. The lowest BCUT2D eigenvalue weighted by Crippen LogP contribution is -2.23. The molecule has 0 saturated carbocycles. The van der Waals surface area contributed by atoms with Gasteiger partial charge in [-0.3, -0.25) is 0 Å². The average Bonchev–Trinajstić information content (AvgIpc) is 3.43. The Morgan fingerprint density at radius 2 is 2.15 bits per heavy atom. The number of nitrogen functional groups attached to an aromatic ring is 1. The third kappa shape index (κ3) is 5.73. The van der Waals surface area contributed by atoms with Gasteiger partial charge in [0.1, 0.15) is 29.7 Å². The lowest BCUT2D eigenvalue weighted by molar-refractivity contribution is 0.131. The van der Waals surface area contributed by atoms with Crippen molar-refractivity contribution in [2.75, 3.05) is 17.7 Å². The second-order valence-corrected chi connectivity index (χ2v) is 8.65. The number of rotatable bonds is 8. The summed E-state index contributed by atoms with van der Waals surface area (Å²) in [4.78, 5) is 19.9. The second-order valence-electron chi connectivity index (χ2n) is 8.65. The summed E-state index contributed by atoms with van der Waals surface area (Å²) in [6, 6.07) is 6.96. The van der Waals surface area contributed by atoms with Crippen molar-refractivity contribution >= 4 is 17.8 Å². The molecular formula is C24H27N7O3. The van der Waals surface area contributed by atoms with Crippen molar-refractivity contribution in [3.05, 3.63) is 72.5 Å². The summed E-state index contributed by atoms with van der Waals surface area (Å²) in [7, 11) is 0. The standard InChI is InChI=1S/C24H27N7O3/c1-24(2,3)34-20-6-4-5-18(14-20)31-22(25)28-23(29-31)27-21-8-7-19(13-17(21)15-32)33-12-11-30-10-9-26-16-30/h4-10,13-14,16,21H,11-12H2,1-3H3,(H3,25,27,28,29). The fraction of sp³-hybridized carbons (Fsp3) is 0.292. The largest absolute Gasteiger partial charge is 0.492 e. The van der Waals surface area contributed by atoms with Gasteiger partial charge in [0.15, 0.2) is 0 Å². The number of ether oxygens (including phenoxy) is 2. The number of nitrogens with zero attached hydrogens (tertiary/aromatic N) is 5. The van der Waals surface area contributed by atoms with Crippen molar-refractivity contribution in [3.63, 3.8) is 0 Å². The van der Waals surface area contributed by atoms with E-state index in [0.717, 1.165) is 0 Å². The van der Waals surface area contributed by atoms with E-state index in [9.17, 15) is 4.79 Å². The molecule has 4 rings (SSSR count). The molecule has 34 heavy (non-hydrogen) atoms. The van der Waals surface area contributed by atoms with E-state index in [0.29, 0.717) is 35.9 Å². The number of carbonyl (C=O) groups excluding carboxylic acids is 1. The van der Waals surface area contributed by atoms with Gasteiger partial charge in [-0.05, 0) is 45.1 Å². The number of hydrogen-bond acceptors (Lipinski definition) is 8. The molecule has 10 heteroatoms. The SMILES string of the molecule is CC(C)(C)Oc1cccc(-n2nc(NC3C=CC(OCCn4ccnc4)=CC3=C=O)nc2N)c1. The number of hydrogen-bond donors (Lipinski definition) is 2. The van der Waals surface area contributed by atoms with Crippen LogP contribution < -0.4 is 15.8 Å². The number of nitrogens with two attached hydrogens (primary N) is 1. The molecule has 1 unspecified atom stereocenters. The Bertz CT molecular complexity index is 1250. The first-order chi connectivity index (χ1) is 16.3. The van der Waals surface area contributed by atoms with Gasteiger partial charge < -0.3 is 25.1 Å². The van der Waals surface area contributed by atoms with Crippen LogP contribution in [0.3, 0.4) is 0 Å². The molecule has 0 amide bonds. The van der Waals surface area contributed by atoms with Crippen molar-refractivity contribution in [1.82, 2.24) is 24.3 Å². The second kappa shape index (κ2) is 9.68. The fourth-order valence-electron chi connectivity index (χ4n) is 3.33. The van der Waals surface area contributed by atoms with Crippen LogP contribution in [-0.2, 0) is 16.1 Å². The molecule has 0 aliphatic heterocycles. The molecule has 0 saturated heterocycles. The smallest absolute Gasteiger partial charge is 0.245 e. The van der Waals surface area contributed by atoms with Gasteiger partial charge in [-0.1, -0.05) is 12.1 Å². The molecule has 3 N–H and O–H groups in total. The van der Waals surface area contributed by atoms with Gasteiger partial charge in [-0.25, -0.2) is 9.78 Å². The number of nitrogens with one attached hydrogen (secondary N) is 1. The summed E-state index contributed by atoms with van der Waals surface area (Å²) in [5.74, 6) is 3.71. The Hall–Kier alpha value is -4.30. The molecule has 0 bridgehead atoms. The first-order valence-corrected chi connectivity index (χ1v) is 10.8. The molecule has 1 aliphatic rings. The molecule has 0 spiro atoms. The van der Waals surface area contributed by atoms with Crippen LogP contribution >= 0.6 is 0 Å². The predicted octanol–water partition coefficient (Wildman–Crippen LogP) is 2.93. The molecule has 176 valence electrons. The van der Waals surface area contributed by atoms with E-state index in [4.69, 9.17) is 15.2 Å². The summed E-state index contributed by atoms with van der Waals surface area (Å²) >= 11 is 0. The summed E-state index contributed by atoms with van der Waals surface area (Å²) in [5, 5.41) is 7.57. The molecule has 2 heterocycles. The molecule has 1 aromatic carbocycles. The number of benzene rings is 1. The first kappa shape index (κ1) is 22.9. The maximum atomic E-state index is 11.6. The van der Waals surface area contributed by atoms with Gasteiger partial charge in [0.05, 0.1) is 30.2 Å². The van der Waals surface area contributed by atoms with Crippen LogP contribution in [0.1, 0.15) is 20.8 Å².